The minimum atomic E-state index is -0.424. The van der Waals surface area contributed by atoms with Gasteiger partial charge in [0.05, 0.1) is 6.20 Å². The van der Waals surface area contributed by atoms with E-state index in [1.165, 1.54) is 18.6 Å². The molecule has 0 atom stereocenters. The number of amides is 2. The minimum absolute atomic E-state index is 0.243. The monoisotopic (exact) mass is 222 g/mol. The molecule has 2 heterocycles. The van der Waals surface area contributed by atoms with Crippen LogP contribution in [0.3, 0.4) is 0 Å². The van der Waals surface area contributed by atoms with E-state index in [1.807, 2.05) is 0 Å². The van der Waals surface area contributed by atoms with Crippen LogP contribution in [0.5, 0.6) is 0 Å². The number of hydrogen-bond donors (Lipinski definition) is 2. The summed E-state index contributed by atoms with van der Waals surface area (Å²) in [6, 6.07) is 1.24. The van der Waals surface area contributed by atoms with Gasteiger partial charge in [0.1, 0.15) is 5.00 Å². The molecule has 0 aliphatic carbocycles. The van der Waals surface area contributed by atoms with E-state index in [1.54, 1.807) is 6.07 Å². The third-order valence-electron chi connectivity index (χ3n) is 1.39. The topological polar surface area (TPSA) is 92.7 Å². The van der Waals surface area contributed by atoms with Gasteiger partial charge in [-0.15, -0.1) is 5.10 Å². The number of nitrogens with zero attached hydrogens (tertiary/aromatic N) is 4. The van der Waals surface area contributed by atoms with E-state index in [0.29, 0.717) is 5.00 Å². The van der Waals surface area contributed by atoms with E-state index in [0.717, 1.165) is 11.5 Å². The molecule has 0 bridgehead atoms. The highest BCUT2D eigenvalue weighted by Crippen LogP contribution is 2.09. The van der Waals surface area contributed by atoms with Crippen LogP contribution in [-0.2, 0) is 0 Å². The molecular formula is C7H6N6OS. The number of carbonyl (C=O) groups is 1. The Morgan fingerprint density at radius 1 is 1.27 bits per heavy atom. The van der Waals surface area contributed by atoms with E-state index in [-0.39, 0.29) is 5.95 Å². The van der Waals surface area contributed by atoms with Crippen molar-refractivity contribution in [2.75, 3.05) is 10.6 Å². The first-order chi connectivity index (χ1) is 7.34. The van der Waals surface area contributed by atoms with Gasteiger partial charge in [-0.3, -0.25) is 10.6 Å². The third kappa shape index (κ3) is 2.68. The molecule has 0 saturated heterocycles. The molecule has 0 aromatic carbocycles. The molecule has 0 fully saturated rings. The highest BCUT2D eigenvalue weighted by atomic mass is 32.1. The second kappa shape index (κ2) is 4.42. The normalized spacial score (nSPS) is 9.60. The summed E-state index contributed by atoms with van der Waals surface area (Å²) >= 11 is 1.09. The SMILES string of the molecule is O=C(Nc1ncccn1)Nc1cnns1. The summed E-state index contributed by atoms with van der Waals surface area (Å²) in [5.41, 5.74) is 0. The fourth-order valence-electron chi connectivity index (χ4n) is 0.831. The van der Waals surface area contributed by atoms with Crippen molar-refractivity contribution in [1.82, 2.24) is 19.6 Å². The molecule has 2 N–H and O–H groups in total. The van der Waals surface area contributed by atoms with Crippen molar-refractivity contribution in [3.05, 3.63) is 24.7 Å². The van der Waals surface area contributed by atoms with Crippen molar-refractivity contribution < 1.29 is 4.79 Å². The van der Waals surface area contributed by atoms with Crippen molar-refractivity contribution in [2.24, 2.45) is 0 Å². The van der Waals surface area contributed by atoms with Crippen molar-refractivity contribution in [2.45, 2.75) is 0 Å². The minimum Gasteiger partial charge on any atom is -0.296 e. The molecule has 0 saturated carbocycles. The molecule has 0 unspecified atom stereocenters. The van der Waals surface area contributed by atoms with Crippen LogP contribution in [0, 0.1) is 0 Å². The van der Waals surface area contributed by atoms with Gasteiger partial charge in [0, 0.05) is 23.9 Å². The number of urea groups is 1. The molecule has 0 spiro atoms. The zero-order valence-corrected chi connectivity index (χ0v) is 8.23. The molecule has 0 aliphatic heterocycles. The molecule has 2 aromatic heterocycles. The smallest absolute Gasteiger partial charge is 0.296 e. The highest BCUT2D eigenvalue weighted by molar-refractivity contribution is 7.10. The molecule has 8 heteroatoms. The number of hydrogen-bond acceptors (Lipinski definition) is 6. The Labute approximate surface area is 88.7 Å². The largest absolute Gasteiger partial charge is 0.326 e. The first-order valence-electron chi connectivity index (χ1n) is 3.97. The number of rotatable bonds is 2. The van der Waals surface area contributed by atoms with E-state index in [9.17, 15) is 4.79 Å². The van der Waals surface area contributed by atoms with Crippen LogP contribution in [-0.4, -0.2) is 25.6 Å². The summed E-state index contributed by atoms with van der Waals surface area (Å²) in [6.45, 7) is 0. The Kier molecular flexibility index (Phi) is 2.79. The molecule has 2 amide bonds. The first-order valence-corrected chi connectivity index (χ1v) is 4.74. The summed E-state index contributed by atoms with van der Waals surface area (Å²) in [6.07, 6.45) is 4.53. The summed E-state index contributed by atoms with van der Waals surface area (Å²) < 4.78 is 3.60. The Hall–Kier alpha value is -2.09. The van der Waals surface area contributed by atoms with Gasteiger partial charge in [-0.2, -0.15) is 0 Å². The van der Waals surface area contributed by atoms with Gasteiger partial charge < -0.3 is 0 Å². The zero-order valence-electron chi connectivity index (χ0n) is 7.41. The van der Waals surface area contributed by atoms with Gasteiger partial charge in [-0.1, -0.05) is 4.49 Å². The van der Waals surface area contributed by atoms with Gasteiger partial charge in [-0.05, 0) is 6.07 Å². The van der Waals surface area contributed by atoms with Crippen LogP contribution >= 0.6 is 11.5 Å². The number of anilines is 2. The second-order valence-electron chi connectivity index (χ2n) is 2.43. The predicted octanol–water partition coefficient (Wildman–Crippen LogP) is 0.972. The maximum Gasteiger partial charge on any atom is 0.326 e. The van der Waals surface area contributed by atoms with E-state index in [2.05, 4.69) is 30.2 Å². The van der Waals surface area contributed by atoms with Gasteiger partial charge in [0.25, 0.3) is 0 Å². The lowest BCUT2D eigenvalue weighted by Crippen LogP contribution is -2.20. The molecule has 7 nitrogen and oxygen atoms in total. The average Bonchev–Trinajstić information content (AvgIpc) is 2.71. The van der Waals surface area contributed by atoms with E-state index in [4.69, 9.17) is 0 Å². The summed E-state index contributed by atoms with van der Waals surface area (Å²) in [5.74, 6) is 0.243. The second-order valence-corrected chi connectivity index (χ2v) is 3.22. The van der Waals surface area contributed by atoms with Gasteiger partial charge >= 0.3 is 6.03 Å². The maximum absolute atomic E-state index is 11.3. The lowest BCUT2D eigenvalue weighted by molar-refractivity contribution is 0.262. The summed E-state index contributed by atoms with van der Waals surface area (Å²) in [5, 5.41) is 9.13. The third-order valence-corrected chi connectivity index (χ3v) is 1.97. The average molecular weight is 222 g/mol. The number of nitrogens with one attached hydrogen (secondary N) is 2. The maximum atomic E-state index is 11.3. The van der Waals surface area contributed by atoms with Crippen LogP contribution < -0.4 is 10.6 Å². The first kappa shape index (κ1) is 9.46. The van der Waals surface area contributed by atoms with Crippen molar-refractivity contribution in [3.63, 3.8) is 0 Å². The Bertz CT molecular complexity index is 430. The van der Waals surface area contributed by atoms with Crippen LogP contribution in [0.1, 0.15) is 0 Å². The van der Waals surface area contributed by atoms with Crippen LogP contribution in [0.15, 0.2) is 24.7 Å². The lowest BCUT2D eigenvalue weighted by Gasteiger charge is -2.02. The molecule has 2 rings (SSSR count). The Morgan fingerprint density at radius 3 is 2.73 bits per heavy atom. The van der Waals surface area contributed by atoms with Crippen LogP contribution in [0.4, 0.5) is 15.7 Å². The molecular weight excluding hydrogens is 216 g/mol. The van der Waals surface area contributed by atoms with Crippen molar-refractivity contribution in [1.29, 1.82) is 0 Å². The standard InChI is InChI=1S/C7H6N6OS/c14-7(11-5-4-10-13-15-5)12-6-8-2-1-3-9-6/h1-4H,(H2,8,9,11,12,14). The van der Waals surface area contributed by atoms with Crippen molar-refractivity contribution >= 4 is 28.5 Å². The van der Waals surface area contributed by atoms with Gasteiger partial charge in [0.15, 0.2) is 0 Å². The fourth-order valence-corrected chi connectivity index (χ4v) is 1.25. The zero-order chi connectivity index (χ0) is 10.5. The lowest BCUT2D eigenvalue weighted by atomic mass is 10.7. The van der Waals surface area contributed by atoms with Crippen LogP contribution in [0.2, 0.25) is 0 Å². The van der Waals surface area contributed by atoms with E-state index < -0.39 is 6.03 Å². The highest BCUT2D eigenvalue weighted by Gasteiger charge is 2.04. The molecule has 0 aliphatic rings. The molecule has 0 radical (unpaired) electrons. The molecule has 2 aromatic rings. The van der Waals surface area contributed by atoms with E-state index >= 15 is 0 Å². The Balaban J connectivity index is 1.94. The van der Waals surface area contributed by atoms with Crippen LogP contribution in [0.25, 0.3) is 0 Å². The van der Waals surface area contributed by atoms with Gasteiger partial charge in [-0.25, -0.2) is 14.8 Å². The summed E-state index contributed by atoms with van der Waals surface area (Å²) in [7, 11) is 0. The van der Waals surface area contributed by atoms with Gasteiger partial charge in [0.2, 0.25) is 5.95 Å². The van der Waals surface area contributed by atoms with Crippen molar-refractivity contribution in [3.8, 4) is 0 Å². The summed E-state index contributed by atoms with van der Waals surface area (Å²) in [4.78, 5) is 19.0. The quantitative estimate of drug-likeness (QED) is 0.789. The fraction of sp³-hybridized carbons (Fsp3) is 0. The molecule has 15 heavy (non-hydrogen) atoms. The molecule has 76 valence electrons. The number of carbonyl (C=O) groups excluding carboxylic acids is 1. The predicted molar refractivity (Wildman–Crippen MR) is 54.6 cm³/mol. The Morgan fingerprint density at radius 2 is 2.07 bits per heavy atom. The number of aromatic nitrogens is 4.